The summed E-state index contributed by atoms with van der Waals surface area (Å²) in [4.78, 5) is 0. The fraction of sp³-hybridized carbons (Fsp3) is 0.417. The summed E-state index contributed by atoms with van der Waals surface area (Å²) in [6.07, 6.45) is 2.08. The molecule has 0 heterocycles. The first-order valence-corrected chi connectivity index (χ1v) is 4.93. The number of benzene rings is 1. The van der Waals surface area contributed by atoms with E-state index in [1.165, 1.54) is 11.1 Å². The molecule has 0 aliphatic heterocycles. The van der Waals surface area contributed by atoms with Crippen molar-refractivity contribution in [1.82, 2.24) is 5.32 Å². The molecule has 2 nitrogen and oxygen atoms in total. The van der Waals surface area contributed by atoms with E-state index < -0.39 is 0 Å². The van der Waals surface area contributed by atoms with Crippen LogP contribution in [0.5, 0.6) is 5.75 Å². The van der Waals surface area contributed by atoms with Crippen LogP contribution in [0.4, 0.5) is 0 Å². The molecule has 0 saturated heterocycles. The molecule has 2 rings (SSSR count). The first-order chi connectivity index (χ1) is 6.85. The van der Waals surface area contributed by atoms with Gasteiger partial charge in [0.1, 0.15) is 5.75 Å². The number of methoxy groups -OCH3 is 1. The summed E-state index contributed by atoms with van der Waals surface area (Å²) < 4.78 is 5.32. The van der Waals surface area contributed by atoms with Crippen molar-refractivity contribution in [2.24, 2.45) is 0 Å². The second kappa shape index (κ2) is 4.01. The Hall–Kier alpha value is -1.02. The summed E-state index contributed by atoms with van der Waals surface area (Å²) in [7, 11) is 1.72. The minimum atomic E-state index is 0.478. The molecule has 1 unspecified atom stereocenters. The van der Waals surface area contributed by atoms with E-state index in [2.05, 4.69) is 11.4 Å². The Morgan fingerprint density at radius 1 is 1.50 bits per heavy atom. The number of ether oxygens (including phenoxy) is 1. The average molecular weight is 189 g/mol. The van der Waals surface area contributed by atoms with E-state index in [4.69, 9.17) is 11.7 Å². The molecule has 2 heteroatoms. The van der Waals surface area contributed by atoms with Gasteiger partial charge in [0.2, 0.25) is 0 Å². The molecule has 1 aliphatic rings. The third-order valence-corrected chi connectivity index (χ3v) is 2.77. The van der Waals surface area contributed by atoms with Gasteiger partial charge in [-0.2, -0.15) is 0 Å². The summed E-state index contributed by atoms with van der Waals surface area (Å²) >= 11 is 0. The van der Waals surface area contributed by atoms with E-state index in [1.807, 2.05) is 12.1 Å². The Morgan fingerprint density at radius 2 is 2.36 bits per heavy atom. The highest BCUT2D eigenvalue weighted by atomic mass is 16.5. The summed E-state index contributed by atoms with van der Waals surface area (Å²) in [5.41, 5.74) is 2.72. The number of hydrogen-bond acceptors (Lipinski definition) is 2. The molecule has 1 aliphatic carbocycles. The highest BCUT2D eigenvalue weighted by Crippen LogP contribution is 2.30. The molecule has 14 heavy (non-hydrogen) atoms. The molecular formula is C12H15NO. The monoisotopic (exact) mass is 189 g/mol. The van der Waals surface area contributed by atoms with Crippen LogP contribution in [0.3, 0.4) is 0 Å². The van der Waals surface area contributed by atoms with E-state index in [0.29, 0.717) is 12.6 Å². The van der Waals surface area contributed by atoms with Gasteiger partial charge in [-0.15, -0.1) is 0 Å². The van der Waals surface area contributed by atoms with Crippen LogP contribution >= 0.6 is 0 Å². The lowest BCUT2D eigenvalue weighted by atomic mass is 10.1. The Bertz CT molecular complexity index is 322. The van der Waals surface area contributed by atoms with E-state index >= 15 is 0 Å². The Kier molecular flexibility index (Phi) is 2.73. The minimum Gasteiger partial charge on any atom is -0.496 e. The zero-order valence-electron chi connectivity index (χ0n) is 8.42. The van der Waals surface area contributed by atoms with E-state index in [0.717, 1.165) is 18.6 Å². The normalized spacial score (nSPS) is 19.4. The number of hydrogen-bond donors (Lipinski definition) is 1. The smallest absolute Gasteiger partial charge is 0.122 e. The van der Waals surface area contributed by atoms with Gasteiger partial charge in [-0.25, -0.2) is 0 Å². The summed E-state index contributed by atoms with van der Waals surface area (Å²) in [5.74, 6) is 1.00. The van der Waals surface area contributed by atoms with Crippen LogP contribution in [0.25, 0.3) is 0 Å². The fourth-order valence-corrected chi connectivity index (χ4v) is 2.12. The molecule has 1 aromatic rings. The number of nitrogens with one attached hydrogen (secondary N) is 1. The standard InChI is InChI=1S/C12H15NO/c1-3-13-10-7-9-5-4-6-12(14-2)11(9)8-10/h1,4-6,10,13H,3,7-8H2,2H3. The van der Waals surface area contributed by atoms with Crippen LogP contribution in [0.15, 0.2) is 18.2 Å². The topological polar surface area (TPSA) is 21.3 Å². The summed E-state index contributed by atoms with van der Waals surface area (Å²) in [5, 5.41) is 3.26. The molecule has 0 amide bonds. The highest BCUT2D eigenvalue weighted by Gasteiger charge is 2.22. The van der Waals surface area contributed by atoms with Crippen molar-refractivity contribution >= 4 is 0 Å². The van der Waals surface area contributed by atoms with Crippen LogP contribution in [0.1, 0.15) is 11.1 Å². The van der Waals surface area contributed by atoms with Crippen molar-refractivity contribution in [1.29, 1.82) is 0 Å². The van der Waals surface area contributed by atoms with Crippen LogP contribution in [-0.4, -0.2) is 19.7 Å². The van der Waals surface area contributed by atoms with E-state index in [1.54, 1.807) is 7.11 Å². The molecule has 0 fully saturated rings. The lowest BCUT2D eigenvalue weighted by Crippen LogP contribution is -2.29. The van der Waals surface area contributed by atoms with Gasteiger partial charge in [0.15, 0.2) is 0 Å². The molecule has 1 N–H and O–H groups in total. The third-order valence-electron chi connectivity index (χ3n) is 2.77. The van der Waals surface area contributed by atoms with Crippen LogP contribution in [0.2, 0.25) is 0 Å². The maximum atomic E-state index is 5.47. The summed E-state index contributed by atoms with van der Waals surface area (Å²) in [6, 6.07) is 6.70. The predicted octanol–water partition coefficient (Wildman–Crippen LogP) is 1.46. The molecule has 2 radical (unpaired) electrons. The van der Waals surface area contributed by atoms with Gasteiger partial charge in [-0.3, -0.25) is 0 Å². The lowest BCUT2D eigenvalue weighted by Gasteiger charge is -2.08. The van der Waals surface area contributed by atoms with Crippen molar-refractivity contribution in [3.05, 3.63) is 36.2 Å². The van der Waals surface area contributed by atoms with E-state index in [-0.39, 0.29) is 0 Å². The van der Waals surface area contributed by atoms with Gasteiger partial charge >= 0.3 is 0 Å². The molecule has 0 saturated carbocycles. The zero-order chi connectivity index (χ0) is 9.97. The second-order valence-corrected chi connectivity index (χ2v) is 3.61. The average Bonchev–Trinajstić information content (AvgIpc) is 2.60. The lowest BCUT2D eigenvalue weighted by molar-refractivity contribution is 0.409. The Morgan fingerprint density at radius 3 is 3.07 bits per heavy atom. The maximum Gasteiger partial charge on any atom is 0.122 e. The van der Waals surface area contributed by atoms with Gasteiger partial charge in [-0.05, 0) is 43.5 Å². The van der Waals surface area contributed by atoms with Gasteiger partial charge in [0.05, 0.1) is 7.11 Å². The predicted molar refractivity (Wildman–Crippen MR) is 56.5 cm³/mol. The molecular weight excluding hydrogens is 174 g/mol. The first kappa shape index (κ1) is 9.53. The Balaban J connectivity index is 2.21. The number of rotatable bonds is 3. The van der Waals surface area contributed by atoms with Crippen molar-refractivity contribution in [2.45, 2.75) is 18.9 Å². The van der Waals surface area contributed by atoms with Crippen molar-refractivity contribution < 1.29 is 4.74 Å². The van der Waals surface area contributed by atoms with Crippen molar-refractivity contribution in [2.75, 3.05) is 13.7 Å². The second-order valence-electron chi connectivity index (χ2n) is 3.61. The SMILES string of the molecule is [CH]CNC1Cc2cccc(OC)c2C1. The minimum absolute atomic E-state index is 0.478. The molecule has 1 atom stereocenters. The van der Waals surface area contributed by atoms with Crippen LogP contribution in [0, 0.1) is 6.92 Å². The summed E-state index contributed by atoms with van der Waals surface area (Å²) in [6.45, 7) is 6.01. The molecule has 0 spiro atoms. The van der Waals surface area contributed by atoms with Crippen molar-refractivity contribution in [3.63, 3.8) is 0 Å². The quantitative estimate of drug-likeness (QED) is 0.777. The van der Waals surface area contributed by atoms with Gasteiger partial charge in [-0.1, -0.05) is 12.1 Å². The first-order valence-electron chi connectivity index (χ1n) is 4.93. The van der Waals surface area contributed by atoms with Gasteiger partial charge in [0, 0.05) is 6.04 Å². The number of fused-ring (bicyclic) bond motifs is 1. The van der Waals surface area contributed by atoms with Gasteiger partial charge < -0.3 is 10.1 Å². The third kappa shape index (κ3) is 1.62. The largest absolute Gasteiger partial charge is 0.496 e. The van der Waals surface area contributed by atoms with Gasteiger partial charge in [0.25, 0.3) is 0 Å². The maximum absolute atomic E-state index is 5.47. The highest BCUT2D eigenvalue weighted by molar-refractivity contribution is 5.44. The molecule has 0 bridgehead atoms. The Labute approximate surface area is 85.3 Å². The molecule has 1 aromatic carbocycles. The molecule has 0 aromatic heterocycles. The zero-order valence-corrected chi connectivity index (χ0v) is 8.42. The van der Waals surface area contributed by atoms with Crippen LogP contribution < -0.4 is 10.1 Å². The van der Waals surface area contributed by atoms with Crippen LogP contribution in [-0.2, 0) is 12.8 Å². The molecule has 74 valence electrons. The van der Waals surface area contributed by atoms with E-state index in [9.17, 15) is 0 Å². The van der Waals surface area contributed by atoms with Crippen molar-refractivity contribution in [3.8, 4) is 5.75 Å². The fourth-order valence-electron chi connectivity index (χ4n) is 2.12.